The van der Waals surface area contributed by atoms with Crippen LogP contribution in [0.5, 0.6) is 0 Å². The van der Waals surface area contributed by atoms with Crippen molar-refractivity contribution in [3.8, 4) is 0 Å². The van der Waals surface area contributed by atoms with E-state index in [-0.39, 0.29) is 18.4 Å². The Morgan fingerprint density at radius 2 is 1.78 bits per heavy atom. The molecule has 0 heterocycles. The van der Waals surface area contributed by atoms with E-state index < -0.39 is 11.8 Å². The second-order valence-corrected chi connectivity index (χ2v) is 4.44. The maximum atomic E-state index is 11.5. The zero-order valence-electron chi connectivity index (χ0n) is 11.1. The van der Waals surface area contributed by atoms with E-state index in [1.807, 2.05) is 0 Å². The Bertz CT molecular complexity index is 317. The predicted octanol–water partition coefficient (Wildman–Crippen LogP) is 2.23. The number of hydrogen-bond acceptors (Lipinski definition) is 5. The van der Waals surface area contributed by atoms with Crippen molar-refractivity contribution < 1.29 is 19.2 Å². The summed E-state index contributed by atoms with van der Waals surface area (Å²) in [6.45, 7) is 3.18. The molecule has 0 aromatic heterocycles. The maximum absolute atomic E-state index is 11.5. The van der Waals surface area contributed by atoms with Crippen molar-refractivity contribution in [2.45, 2.75) is 58.5 Å². The van der Waals surface area contributed by atoms with Crippen LogP contribution in [0, 0.1) is 0 Å². The van der Waals surface area contributed by atoms with E-state index >= 15 is 0 Å². The first-order valence-electron chi connectivity index (χ1n) is 6.57. The molecule has 0 aliphatic heterocycles. The molecule has 1 aliphatic carbocycles. The number of esters is 1. The van der Waals surface area contributed by atoms with Gasteiger partial charge in [-0.05, 0) is 32.6 Å². The molecule has 102 valence electrons. The summed E-state index contributed by atoms with van der Waals surface area (Å²) >= 11 is 0. The molecule has 18 heavy (non-hydrogen) atoms. The second-order valence-electron chi connectivity index (χ2n) is 4.44. The van der Waals surface area contributed by atoms with Crippen molar-refractivity contribution in [1.82, 2.24) is 0 Å². The smallest absolute Gasteiger partial charge is 0.364 e. The largest absolute Gasteiger partial charge is 0.461 e. The number of hydrogen-bond donors (Lipinski definition) is 0. The molecule has 0 aromatic carbocycles. The lowest BCUT2D eigenvalue weighted by molar-refractivity contribution is -0.136. The molecule has 0 spiro atoms. The van der Waals surface area contributed by atoms with Crippen molar-refractivity contribution in [3.63, 3.8) is 0 Å². The van der Waals surface area contributed by atoms with Gasteiger partial charge in [-0.25, -0.2) is 4.79 Å². The van der Waals surface area contributed by atoms with Gasteiger partial charge in [-0.1, -0.05) is 18.0 Å². The Balaban J connectivity index is 2.58. The van der Waals surface area contributed by atoms with E-state index in [4.69, 9.17) is 9.57 Å². The van der Waals surface area contributed by atoms with Crippen molar-refractivity contribution in [3.05, 3.63) is 0 Å². The van der Waals surface area contributed by atoms with Gasteiger partial charge in [0.2, 0.25) is 5.71 Å². The highest BCUT2D eigenvalue weighted by molar-refractivity contribution is 6.63. The van der Waals surface area contributed by atoms with Crippen molar-refractivity contribution >= 4 is 17.5 Å². The van der Waals surface area contributed by atoms with Crippen LogP contribution in [-0.2, 0) is 19.2 Å². The number of oxime groups is 1. The molecule has 1 saturated carbocycles. The molecule has 0 saturated heterocycles. The number of rotatable bonds is 5. The van der Waals surface area contributed by atoms with Gasteiger partial charge < -0.3 is 9.57 Å². The van der Waals surface area contributed by atoms with Crippen LogP contribution >= 0.6 is 0 Å². The molecular weight excluding hydrogens is 234 g/mol. The van der Waals surface area contributed by atoms with Gasteiger partial charge in [0.1, 0.15) is 6.10 Å². The van der Waals surface area contributed by atoms with E-state index in [2.05, 4.69) is 5.16 Å². The molecule has 0 atom stereocenters. The number of ketones is 1. The minimum atomic E-state index is -0.710. The van der Waals surface area contributed by atoms with Crippen LogP contribution in [0.3, 0.4) is 0 Å². The number of ether oxygens (including phenoxy) is 1. The number of nitrogens with zero attached hydrogens (tertiary/aromatic N) is 1. The van der Waals surface area contributed by atoms with Crippen molar-refractivity contribution in [2.24, 2.45) is 5.16 Å². The molecule has 1 rings (SSSR count). The summed E-state index contributed by atoms with van der Waals surface area (Å²) in [4.78, 5) is 28.1. The lowest BCUT2D eigenvalue weighted by Crippen LogP contribution is -2.25. The molecule has 0 aromatic rings. The molecule has 0 bridgehead atoms. The van der Waals surface area contributed by atoms with Gasteiger partial charge in [0.15, 0.2) is 5.78 Å². The standard InChI is InChI=1S/C13H21NO4/c1-3-17-13(16)12(10(2)15)14-18-11-8-6-4-5-7-9-11/h11H,3-9H2,1-2H3. The van der Waals surface area contributed by atoms with Gasteiger partial charge in [-0.2, -0.15) is 0 Å². The van der Waals surface area contributed by atoms with Crippen LogP contribution in [0.25, 0.3) is 0 Å². The molecule has 0 radical (unpaired) electrons. The fraction of sp³-hybridized carbons (Fsp3) is 0.769. The number of carbonyl (C=O) groups is 2. The van der Waals surface area contributed by atoms with Crippen molar-refractivity contribution in [1.29, 1.82) is 0 Å². The average molecular weight is 255 g/mol. The fourth-order valence-corrected chi connectivity index (χ4v) is 1.92. The average Bonchev–Trinajstić information content (AvgIpc) is 2.57. The summed E-state index contributed by atoms with van der Waals surface area (Å²) in [6.07, 6.45) is 6.50. The highest BCUT2D eigenvalue weighted by Crippen LogP contribution is 2.19. The molecule has 0 amide bonds. The highest BCUT2D eigenvalue weighted by Gasteiger charge is 2.20. The number of carbonyl (C=O) groups excluding carboxylic acids is 2. The van der Waals surface area contributed by atoms with Crippen LogP contribution in [-0.4, -0.2) is 30.2 Å². The van der Waals surface area contributed by atoms with Crippen LogP contribution in [0.1, 0.15) is 52.4 Å². The van der Waals surface area contributed by atoms with Crippen LogP contribution in [0.4, 0.5) is 0 Å². The SMILES string of the molecule is CCOC(=O)C(=NOC1CCCCCC1)C(C)=O. The first-order valence-corrected chi connectivity index (χ1v) is 6.57. The minimum absolute atomic E-state index is 0.0104. The topological polar surface area (TPSA) is 65.0 Å². The van der Waals surface area contributed by atoms with E-state index in [0.717, 1.165) is 25.7 Å². The molecular formula is C13H21NO4. The lowest BCUT2D eigenvalue weighted by atomic mass is 10.2. The predicted molar refractivity (Wildman–Crippen MR) is 67.3 cm³/mol. The Kier molecular flexibility index (Phi) is 6.39. The fourth-order valence-electron chi connectivity index (χ4n) is 1.92. The van der Waals surface area contributed by atoms with Crippen LogP contribution in [0.2, 0.25) is 0 Å². The van der Waals surface area contributed by atoms with Gasteiger partial charge in [0, 0.05) is 6.92 Å². The second kappa shape index (κ2) is 7.84. The van der Waals surface area contributed by atoms with Gasteiger partial charge >= 0.3 is 5.97 Å². The van der Waals surface area contributed by atoms with Crippen molar-refractivity contribution in [2.75, 3.05) is 6.61 Å². The monoisotopic (exact) mass is 255 g/mol. The lowest BCUT2D eigenvalue weighted by Gasteiger charge is -2.12. The normalized spacial score (nSPS) is 18.0. The summed E-state index contributed by atoms with van der Waals surface area (Å²) in [6, 6.07) is 0. The summed E-state index contributed by atoms with van der Waals surface area (Å²) in [5.74, 6) is -1.14. The first-order chi connectivity index (χ1) is 8.65. The van der Waals surface area contributed by atoms with E-state index in [9.17, 15) is 9.59 Å². The Hall–Kier alpha value is -1.39. The zero-order valence-corrected chi connectivity index (χ0v) is 11.1. The minimum Gasteiger partial charge on any atom is -0.461 e. The van der Waals surface area contributed by atoms with Gasteiger partial charge in [0.25, 0.3) is 0 Å². The third-order valence-corrected chi connectivity index (χ3v) is 2.90. The first kappa shape index (κ1) is 14.7. The molecule has 1 aliphatic rings. The van der Waals surface area contributed by atoms with Crippen LogP contribution < -0.4 is 0 Å². The van der Waals surface area contributed by atoms with E-state index in [0.29, 0.717) is 0 Å². The molecule has 5 heteroatoms. The summed E-state index contributed by atoms with van der Waals surface area (Å²) < 4.78 is 4.76. The summed E-state index contributed by atoms with van der Waals surface area (Å²) in [5, 5.41) is 3.70. The van der Waals surface area contributed by atoms with Gasteiger partial charge in [-0.3, -0.25) is 4.79 Å². The zero-order chi connectivity index (χ0) is 13.4. The Morgan fingerprint density at radius 3 is 2.28 bits per heavy atom. The highest BCUT2D eigenvalue weighted by atomic mass is 16.6. The molecule has 5 nitrogen and oxygen atoms in total. The van der Waals surface area contributed by atoms with Crippen LogP contribution in [0.15, 0.2) is 5.16 Å². The number of Topliss-reactive ketones (excluding diaryl/α,β-unsaturated/α-hetero) is 1. The Labute approximate surface area is 108 Å². The summed E-state index contributed by atoms with van der Waals surface area (Å²) in [7, 11) is 0. The van der Waals surface area contributed by atoms with Gasteiger partial charge in [-0.15, -0.1) is 0 Å². The van der Waals surface area contributed by atoms with Gasteiger partial charge in [0.05, 0.1) is 6.61 Å². The quantitative estimate of drug-likeness (QED) is 0.248. The molecule has 0 N–H and O–H groups in total. The van der Waals surface area contributed by atoms with E-state index in [1.165, 1.54) is 19.8 Å². The molecule has 0 unspecified atom stereocenters. The van der Waals surface area contributed by atoms with E-state index in [1.54, 1.807) is 6.92 Å². The maximum Gasteiger partial charge on any atom is 0.364 e. The molecule has 1 fully saturated rings. The third-order valence-electron chi connectivity index (χ3n) is 2.90. The summed E-state index contributed by atoms with van der Waals surface area (Å²) in [5.41, 5.74) is -0.249. The Morgan fingerprint density at radius 1 is 1.17 bits per heavy atom. The third kappa shape index (κ3) is 4.85.